The third-order valence-corrected chi connectivity index (χ3v) is 2.90. The fraction of sp³-hybridized carbons (Fsp3) is 0.300. The van der Waals surface area contributed by atoms with Crippen molar-refractivity contribution in [1.29, 1.82) is 0 Å². The number of nitrogens with two attached hydrogens (primary N) is 2. The van der Waals surface area contributed by atoms with Gasteiger partial charge in [0.2, 0.25) is 15.9 Å². The number of carbonyl (C=O) groups is 1. The molecule has 0 spiro atoms. The van der Waals surface area contributed by atoms with Gasteiger partial charge in [0.25, 0.3) is 0 Å². The Labute approximate surface area is 100 Å². The minimum Gasteiger partial charge on any atom is -0.366 e. The first-order valence-electron chi connectivity index (χ1n) is 4.98. The molecule has 0 aliphatic carbocycles. The van der Waals surface area contributed by atoms with E-state index >= 15 is 0 Å². The molecule has 0 atom stereocenters. The molecule has 94 valence electrons. The summed E-state index contributed by atoms with van der Waals surface area (Å²) < 4.78 is 21.3. The molecule has 0 fully saturated rings. The van der Waals surface area contributed by atoms with E-state index in [-0.39, 0.29) is 12.3 Å². The zero-order valence-electron chi connectivity index (χ0n) is 9.22. The Bertz CT molecular complexity index is 482. The molecule has 0 saturated carbocycles. The molecular formula is C10H15N3O3S. The fourth-order valence-electron chi connectivity index (χ4n) is 1.23. The summed E-state index contributed by atoms with van der Waals surface area (Å²) in [7, 11) is -3.42. The van der Waals surface area contributed by atoms with Gasteiger partial charge in [-0.3, -0.25) is 4.79 Å². The van der Waals surface area contributed by atoms with Crippen molar-refractivity contribution in [2.75, 3.05) is 12.3 Å². The maximum Gasteiger partial charge on any atom is 0.248 e. The van der Waals surface area contributed by atoms with Gasteiger partial charge in [-0.25, -0.2) is 13.6 Å². The molecule has 7 heteroatoms. The van der Waals surface area contributed by atoms with Crippen molar-refractivity contribution in [1.82, 2.24) is 5.32 Å². The van der Waals surface area contributed by atoms with Crippen LogP contribution in [0.25, 0.3) is 0 Å². The number of carbonyl (C=O) groups excluding carboxylic acids is 1. The largest absolute Gasteiger partial charge is 0.366 e. The van der Waals surface area contributed by atoms with Crippen LogP contribution in [-0.4, -0.2) is 26.6 Å². The Morgan fingerprint density at radius 2 is 1.82 bits per heavy atom. The first-order chi connectivity index (χ1) is 7.88. The molecule has 0 aliphatic heterocycles. The Kier molecular flexibility index (Phi) is 4.62. The Morgan fingerprint density at radius 3 is 2.29 bits per heavy atom. The van der Waals surface area contributed by atoms with Crippen molar-refractivity contribution in [3.05, 3.63) is 35.4 Å². The maximum atomic E-state index is 10.8. The molecule has 1 rings (SSSR count). The SMILES string of the molecule is NC(=O)c1ccc(CNCCS(N)(=O)=O)cc1. The monoisotopic (exact) mass is 257 g/mol. The number of nitrogens with one attached hydrogen (secondary N) is 1. The quantitative estimate of drug-likeness (QED) is 0.576. The second-order valence-electron chi connectivity index (χ2n) is 3.60. The number of hydrogen-bond donors (Lipinski definition) is 3. The average Bonchev–Trinajstić information content (AvgIpc) is 2.24. The summed E-state index contributed by atoms with van der Waals surface area (Å²) in [5.41, 5.74) is 6.48. The molecule has 6 nitrogen and oxygen atoms in total. The number of sulfonamides is 1. The number of hydrogen-bond acceptors (Lipinski definition) is 4. The zero-order valence-corrected chi connectivity index (χ0v) is 10.0. The smallest absolute Gasteiger partial charge is 0.248 e. The van der Waals surface area contributed by atoms with Gasteiger partial charge < -0.3 is 11.1 Å². The summed E-state index contributed by atoms with van der Waals surface area (Å²) in [4.78, 5) is 10.8. The minimum atomic E-state index is -3.42. The summed E-state index contributed by atoms with van der Waals surface area (Å²) in [6.45, 7) is 0.797. The van der Waals surface area contributed by atoms with Gasteiger partial charge in [0.1, 0.15) is 0 Å². The van der Waals surface area contributed by atoms with Gasteiger partial charge >= 0.3 is 0 Å². The van der Waals surface area contributed by atoms with Gasteiger partial charge in [-0.1, -0.05) is 12.1 Å². The summed E-state index contributed by atoms with van der Waals surface area (Å²) in [5.74, 6) is -0.578. The first kappa shape index (κ1) is 13.6. The third kappa shape index (κ3) is 5.43. The van der Waals surface area contributed by atoms with Crippen LogP contribution in [-0.2, 0) is 16.6 Å². The van der Waals surface area contributed by atoms with Crippen molar-refractivity contribution in [2.24, 2.45) is 10.9 Å². The van der Waals surface area contributed by atoms with E-state index in [4.69, 9.17) is 10.9 Å². The van der Waals surface area contributed by atoms with Crippen LogP contribution in [0.2, 0.25) is 0 Å². The molecule has 0 aromatic heterocycles. The highest BCUT2D eigenvalue weighted by Crippen LogP contribution is 2.03. The zero-order chi connectivity index (χ0) is 12.9. The van der Waals surface area contributed by atoms with E-state index in [0.717, 1.165) is 5.56 Å². The summed E-state index contributed by atoms with van der Waals surface area (Å²) in [6, 6.07) is 6.76. The van der Waals surface area contributed by atoms with Crippen molar-refractivity contribution in [3.8, 4) is 0 Å². The third-order valence-electron chi connectivity index (χ3n) is 2.13. The fourth-order valence-corrected chi connectivity index (χ4v) is 1.66. The van der Waals surface area contributed by atoms with Crippen LogP contribution in [0, 0.1) is 0 Å². The summed E-state index contributed by atoms with van der Waals surface area (Å²) in [6.07, 6.45) is 0. The van der Waals surface area contributed by atoms with Crippen molar-refractivity contribution in [2.45, 2.75) is 6.54 Å². The molecule has 1 amide bonds. The number of rotatable bonds is 6. The molecule has 0 saturated heterocycles. The van der Waals surface area contributed by atoms with Crippen LogP contribution >= 0.6 is 0 Å². The van der Waals surface area contributed by atoms with Gasteiger partial charge in [-0.05, 0) is 17.7 Å². The van der Waals surface area contributed by atoms with E-state index in [1.807, 2.05) is 0 Å². The number of primary sulfonamides is 1. The van der Waals surface area contributed by atoms with Gasteiger partial charge in [-0.15, -0.1) is 0 Å². The Balaban J connectivity index is 2.40. The van der Waals surface area contributed by atoms with E-state index in [1.54, 1.807) is 24.3 Å². The lowest BCUT2D eigenvalue weighted by atomic mass is 10.1. The topological polar surface area (TPSA) is 115 Å². The molecular weight excluding hydrogens is 242 g/mol. The standard InChI is InChI=1S/C10H15N3O3S/c11-10(14)9-3-1-8(2-4-9)7-13-5-6-17(12,15)16/h1-4,13H,5-7H2,(H2,11,14)(H2,12,15,16). The Hall–Kier alpha value is -1.44. The molecule has 1 aromatic rings. The van der Waals surface area contributed by atoms with Crippen LogP contribution in [0.1, 0.15) is 15.9 Å². The van der Waals surface area contributed by atoms with Gasteiger partial charge in [0.05, 0.1) is 5.75 Å². The minimum absolute atomic E-state index is 0.105. The molecule has 0 unspecified atom stereocenters. The molecule has 0 radical (unpaired) electrons. The highest BCUT2D eigenvalue weighted by molar-refractivity contribution is 7.89. The van der Waals surface area contributed by atoms with Crippen LogP contribution in [0.15, 0.2) is 24.3 Å². The van der Waals surface area contributed by atoms with Crippen LogP contribution in [0.5, 0.6) is 0 Å². The lowest BCUT2D eigenvalue weighted by Crippen LogP contribution is -2.26. The second-order valence-corrected chi connectivity index (χ2v) is 5.34. The predicted molar refractivity (Wildman–Crippen MR) is 64.6 cm³/mol. The molecule has 17 heavy (non-hydrogen) atoms. The van der Waals surface area contributed by atoms with Crippen LogP contribution in [0.3, 0.4) is 0 Å². The highest BCUT2D eigenvalue weighted by atomic mass is 32.2. The highest BCUT2D eigenvalue weighted by Gasteiger charge is 2.02. The van der Waals surface area contributed by atoms with E-state index < -0.39 is 15.9 Å². The van der Waals surface area contributed by atoms with Crippen molar-refractivity contribution < 1.29 is 13.2 Å². The predicted octanol–water partition coefficient (Wildman–Crippen LogP) is -0.836. The molecule has 0 heterocycles. The average molecular weight is 257 g/mol. The number of primary amides is 1. The lowest BCUT2D eigenvalue weighted by Gasteiger charge is -2.04. The molecule has 5 N–H and O–H groups in total. The maximum absolute atomic E-state index is 10.8. The van der Waals surface area contributed by atoms with Crippen LogP contribution in [0.4, 0.5) is 0 Å². The summed E-state index contributed by atoms with van der Waals surface area (Å²) >= 11 is 0. The Morgan fingerprint density at radius 1 is 1.24 bits per heavy atom. The van der Waals surface area contributed by atoms with E-state index in [9.17, 15) is 13.2 Å². The van der Waals surface area contributed by atoms with Gasteiger partial charge in [-0.2, -0.15) is 0 Å². The van der Waals surface area contributed by atoms with Gasteiger partial charge in [0.15, 0.2) is 0 Å². The van der Waals surface area contributed by atoms with E-state index in [0.29, 0.717) is 12.1 Å². The molecule has 0 bridgehead atoms. The molecule has 1 aromatic carbocycles. The van der Waals surface area contributed by atoms with E-state index in [2.05, 4.69) is 5.32 Å². The molecule has 0 aliphatic rings. The summed E-state index contributed by atoms with van der Waals surface area (Å²) in [5, 5.41) is 7.78. The van der Waals surface area contributed by atoms with E-state index in [1.165, 1.54) is 0 Å². The first-order valence-corrected chi connectivity index (χ1v) is 6.70. The van der Waals surface area contributed by atoms with Crippen molar-refractivity contribution in [3.63, 3.8) is 0 Å². The normalized spacial score (nSPS) is 11.4. The van der Waals surface area contributed by atoms with Crippen LogP contribution < -0.4 is 16.2 Å². The number of benzene rings is 1. The van der Waals surface area contributed by atoms with Gasteiger partial charge in [0, 0.05) is 18.7 Å². The lowest BCUT2D eigenvalue weighted by molar-refractivity contribution is 0.100. The van der Waals surface area contributed by atoms with Crippen molar-refractivity contribution >= 4 is 15.9 Å². The number of amides is 1. The second kappa shape index (κ2) is 5.76.